The summed E-state index contributed by atoms with van der Waals surface area (Å²) in [4.78, 5) is 49.2. The summed E-state index contributed by atoms with van der Waals surface area (Å²) in [6.45, 7) is 10.8. The molecule has 4 N–H and O–H groups in total. The summed E-state index contributed by atoms with van der Waals surface area (Å²) >= 11 is 0. The number of unbranched alkanes of at least 4 members (excludes halogenated alkanes) is 2. The van der Waals surface area contributed by atoms with Gasteiger partial charge >= 0.3 is 5.97 Å². The fourth-order valence-corrected chi connectivity index (χ4v) is 8.54. The number of aliphatic hydroxyl groups is 1. The van der Waals surface area contributed by atoms with E-state index in [0.29, 0.717) is 64.4 Å². The zero-order chi connectivity index (χ0) is 39.4. The van der Waals surface area contributed by atoms with Gasteiger partial charge in [-0.2, -0.15) is 5.10 Å². The Balaban J connectivity index is 1.08. The number of hydrogen-bond donors (Lipinski definition) is 4. The first-order chi connectivity index (χ1) is 27.1. The molecule has 2 atom stereocenters. The number of likely N-dealkylation sites (tertiary alicyclic amines) is 1. The Bertz CT molecular complexity index is 1790. The smallest absolute Gasteiger partial charge is 0.304 e. The van der Waals surface area contributed by atoms with Gasteiger partial charge in [0.2, 0.25) is 11.8 Å². The summed E-state index contributed by atoms with van der Waals surface area (Å²) < 4.78 is 1.95. The van der Waals surface area contributed by atoms with Crippen LogP contribution in [0.5, 0.6) is 0 Å². The molecule has 3 aliphatic rings. The summed E-state index contributed by atoms with van der Waals surface area (Å²) in [5.41, 5.74) is 7.30. The van der Waals surface area contributed by atoms with Crippen LogP contribution in [0.3, 0.4) is 0 Å². The van der Waals surface area contributed by atoms with E-state index in [2.05, 4.69) is 56.8 Å². The highest BCUT2D eigenvalue weighted by molar-refractivity contribution is 5.79. The van der Waals surface area contributed by atoms with Gasteiger partial charge in [-0.1, -0.05) is 6.07 Å². The normalized spacial score (nSPS) is 17.7. The van der Waals surface area contributed by atoms with Crippen LogP contribution in [-0.4, -0.2) is 118 Å². The average Bonchev–Trinajstić information content (AvgIpc) is 3.80. The minimum Gasteiger partial charge on any atom is -0.481 e. The fraction of sp³-hybridized carbons (Fsp3) is 0.605. The van der Waals surface area contributed by atoms with E-state index in [9.17, 15) is 19.5 Å². The Hall–Kier alpha value is -4.49. The number of hydrogen-bond acceptors (Lipinski definition) is 9. The van der Waals surface area contributed by atoms with Crippen molar-refractivity contribution in [1.29, 1.82) is 0 Å². The molecule has 0 spiro atoms. The molecule has 2 aromatic heterocycles. The number of carboxylic acid groups (broad SMARTS) is 1. The van der Waals surface area contributed by atoms with Crippen LogP contribution >= 0.6 is 0 Å². The molecule has 6 rings (SSSR count). The van der Waals surface area contributed by atoms with E-state index in [1.807, 2.05) is 23.4 Å². The molecule has 2 unspecified atom stereocenters. The number of nitrogens with zero attached hydrogens (tertiary/aromatic N) is 6. The summed E-state index contributed by atoms with van der Waals surface area (Å²) in [5.74, 6) is 0.624. The van der Waals surface area contributed by atoms with Crippen molar-refractivity contribution in [2.24, 2.45) is 5.92 Å². The third-order valence-electron chi connectivity index (χ3n) is 11.6. The molecule has 0 bridgehead atoms. The van der Waals surface area contributed by atoms with E-state index < -0.39 is 5.97 Å². The second-order valence-electron chi connectivity index (χ2n) is 16.1. The van der Waals surface area contributed by atoms with E-state index >= 15 is 0 Å². The van der Waals surface area contributed by atoms with E-state index in [-0.39, 0.29) is 30.8 Å². The number of rotatable bonds is 19. The number of nitrogens with one attached hydrogen (secondary N) is 2. The molecule has 0 aliphatic carbocycles. The molecule has 3 aromatic rings. The first-order valence-electron chi connectivity index (χ1n) is 20.9. The topological polar surface area (TPSA) is 156 Å². The van der Waals surface area contributed by atoms with Gasteiger partial charge in [-0.05, 0) is 126 Å². The molecular formula is C43H62N8O5. The molecular weight excluding hydrogens is 709 g/mol. The number of carboxylic acids is 1. The van der Waals surface area contributed by atoms with Crippen LogP contribution in [0, 0.1) is 19.8 Å². The number of anilines is 2. The molecule has 0 radical (unpaired) electrons. The molecule has 13 heteroatoms. The first kappa shape index (κ1) is 41.2. The van der Waals surface area contributed by atoms with Crippen molar-refractivity contribution < 1.29 is 24.6 Å². The predicted octanol–water partition coefficient (Wildman–Crippen LogP) is 4.85. The maximum Gasteiger partial charge on any atom is 0.304 e. The van der Waals surface area contributed by atoms with Crippen LogP contribution in [0.15, 0.2) is 36.4 Å². The number of aromatic nitrogens is 3. The van der Waals surface area contributed by atoms with Crippen molar-refractivity contribution in [3.8, 4) is 5.69 Å². The molecule has 304 valence electrons. The van der Waals surface area contributed by atoms with Crippen molar-refractivity contribution in [3.05, 3.63) is 64.6 Å². The van der Waals surface area contributed by atoms with Gasteiger partial charge in [-0.3, -0.25) is 14.4 Å². The quantitative estimate of drug-likeness (QED) is 0.124. The highest BCUT2D eigenvalue weighted by atomic mass is 16.4. The van der Waals surface area contributed by atoms with Gasteiger partial charge in [-0.25, -0.2) is 9.67 Å². The lowest BCUT2D eigenvalue weighted by molar-refractivity contribution is -0.137. The number of piperazine rings is 1. The minimum absolute atomic E-state index is 0.0353. The van der Waals surface area contributed by atoms with Crippen LogP contribution in [0.4, 0.5) is 11.5 Å². The number of aryl methyl sites for hydroxylation is 4. The monoisotopic (exact) mass is 770 g/mol. The second-order valence-corrected chi connectivity index (χ2v) is 16.1. The van der Waals surface area contributed by atoms with Gasteiger partial charge in [0, 0.05) is 94.8 Å². The SMILES string of the molecule is Cc1cc(C)n(-c2cc(C(CC(=O)O)CN3CCC(CCc4ccc5c(n4)NCCC5)C3)cc(N3CCN(C(=O)CCCC(=O)NCCCCCO)CC3)c2)n1. The largest absolute Gasteiger partial charge is 0.481 e. The molecule has 2 fully saturated rings. The van der Waals surface area contributed by atoms with Gasteiger partial charge in [0.25, 0.3) is 0 Å². The van der Waals surface area contributed by atoms with E-state index in [1.165, 1.54) is 5.56 Å². The lowest BCUT2D eigenvalue weighted by atomic mass is 9.93. The van der Waals surface area contributed by atoms with Crippen molar-refractivity contribution in [2.45, 2.75) is 96.8 Å². The Morgan fingerprint density at radius 3 is 2.55 bits per heavy atom. The maximum atomic E-state index is 13.1. The highest BCUT2D eigenvalue weighted by Gasteiger charge is 2.29. The van der Waals surface area contributed by atoms with Gasteiger partial charge in [0.05, 0.1) is 17.8 Å². The van der Waals surface area contributed by atoms with Gasteiger partial charge in [0.15, 0.2) is 0 Å². The fourth-order valence-electron chi connectivity index (χ4n) is 8.54. The van der Waals surface area contributed by atoms with E-state index in [0.717, 1.165) is 111 Å². The number of aliphatic hydroxyl groups excluding tert-OH is 1. The second kappa shape index (κ2) is 20.1. The van der Waals surface area contributed by atoms with Gasteiger partial charge in [-0.15, -0.1) is 0 Å². The molecule has 3 aliphatic heterocycles. The number of aliphatic carboxylic acids is 1. The third kappa shape index (κ3) is 11.5. The van der Waals surface area contributed by atoms with Gasteiger partial charge in [0.1, 0.15) is 5.82 Å². The summed E-state index contributed by atoms with van der Waals surface area (Å²) in [6.07, 6.45) is 9.05. The van der Waals surface area contributed by atoms with Crippen LogP contribution < -0.4 is 15.5 Å². The third-order valence-corrected chi connectivity index (χ3v) is 11.6. The summed E-state index contributed by atoms with van der Waals surface area (Å²) in [6, 6.07) is 12.9. The van der Waals surface area contributed by atoms with Crippen molar-refractivity contribution in [1.82, 2.24) is 29.9 Å². The van der Waals surface area contributed by atoms with Crippen LogP contribution in [0.1, 0.15) is 98.3 Å². The first-order valence-corrected chi connectivity index (χ1v) is 20.9. The lowest BCUT2D eigenvalue weighted by Gasteiger charge is -2.37. The number of carbonyl (C=O) groups is 3. The van der Waals surface area contributed by atoms with Gasteiger partial charge < -0.3 is 35.5 Å². The molecule has 0 saturated carbocycles. The minimum atomic E-state index is -0.807. The summed E-state index contributed by atoms with van der Waals surface area (Å²) in [5, 5.41) is 30.2. The standard InChI is InChI=1S/C43H62N8O5/c1-31-24-32(2)51(47-31)39-26-35(25-38(28-39)49-19-21-50(22-20-49)41(54)10-6-9-40(53)44-16-4-3-5-23-52)36(27-42(55)56)30-48-18-15-33(29-48)11-13-37-14-12-34-8-7-17-45-43(34)46-37/h12,14,24-26,28,33,36,52H,3-11,13,15-23,27,29-30H2,1-2H3,(H,44,53)(H,45,46)(H,55,56). The van der Waals surface area contributed by atoms with Crippen molar-refractivity contribution in [3.63, 3.8) is 0 Å². The number of pyridine rings is 1. The number of benzene rings is 1. The van der Waals surface area contributed by atoms with Crippen LogP contribution in [0.25, 0.3) is 5.69 Å². The van der Waals surface area contributed by atoms with E-state index in [1.54, 1.807) is 0 Å². The molecule has 2 saturated heterocycles. The van der Waals surface area contributed by atoms with Crippen LogP contribution in [0.2, 0.25) is 0 Å². The van der Waals surface area contributed by atoms with Crippen LogP contribution in [-0.2, 0) is 27.2 Å². The lowest BCUT2D eigenvalue weighted by Crippen LogP contribution is -2.48. The Morgan fingerprint density at radius 1 is 0.964 bits per heavy atom. The average molecular weight is 771 g/mol. The zero-order valence-corrected chi connectivity index (χ0v) is 33.5. The van der Waals surface area contributed by atoms with Crippen molar-refractivity contribution >= 4 is 29.3 Å². The molecule has 56 heavy (non-hydrogen) atoms. The molecule has 1 aromatic carbocycles. The zero-order valence-electron chi connectivity index (χ0n) is 33.5. The number of carbonyl (C=O) groups excluding carboxylic acids is 2. The number of amides is 2. The summed E-state index contributed by atoms with van der Waals surface area (Å²) in [7, 11) is 0. The highest BCUT2D eigenvalue weighted by Crippen LogP contribution is 2.32. The number of fused-ring (bicyclic) bond motifs is 1. The van der Waals surface area contributed by atoms with Crippen molar-refractivity contribution in [2.75, 3.05) is 75.7 Å². The predicted molar refractivity (Wildman–Crippen MR) is 219 cm³/mol. The Labute approximate surface area is 331 Å². The Kier molecular flexibility index (Phi) is 14.8. The molecule has 5 heterocycles. The maximum absolute atomic E-state index is 13.1. The van der Waals surface area contributed by atoms with E-state index in [4.69, 9.17) is 15.2 Å². The molecule has 13 nitrogen and oxygen atoms in total. The molecule has 2 amide bonds. The Morgan fingerprint density at radius 2 is 1.79 bits per heavy atom.